The van der Waals surface area contributed by atoms with Gasteiger partial charge in [0.2, 0.25) is 0 Å². The monoisotopic (exact) mass is 316 g/mol. The first-order chi connectivity index (χ1) is 9.13. The first-order valence-corrected chi connectivity index (χ1v) is 7.96. The molecule has 0 saturated heterocycles. The molecule has 102 valence electrons. The second-order valence-electron chi connectivity index (χ2n) is 4.52. The number of fused-ring (bicyclic) bond motifs is 1. The van der Waals surface area contributed by atoms with Crippen molar-refractivity contribution in [1.82, 2.24) is 0 Å². The van der Waals surface area contributed by atoms with Crippen LogP contribution in [0.3, 0.4) is 0 Å². The Morgan fingerprint density at radius 3 is 2.58 bits per heavy atom. The molecule has 0 saturated carbocycles. The second-order valence-corrected chi connectivity index (χ2v) is 6.73. The van der Waals surface area contributed by atoms with Crippen LogP contribution in [0.1, 0.15) is 41.7 Å². The summed E-state index contributed by atoms with van der Waals surface area (Å²) < 4.78 is 0. The standard InChI is InChI=1S/C13H14Cl2N2OS/c14-11(15)12(18)17-13-9(7-16)8-5-3-1-2-4-6-10(8)19-13/h11H,1-6H2,(H,17,18). The zero-order chi connectivity index (χ0) is 13.8. The fourth-order valence-electron chi connectivity index (χ4n) is 2.29. The molecular formula is C13H14Cl2N2OS. The topological polar surface area (TPSA) is 52.9 Å². The molecule has 19 heavy (non-hydrogen) atoms. The largest absolute Gasteiger partial charge is 0.314 e. The summed E-state index contributed by atoms with van der Waals surface area (Å²) >= 11 is 12.5. The number of carbonyl (C=O) groups excluding carboxylic acids is 1. The van der Waals surface area contributed by atoms with E-state index in [0.29, 0.717) is 10.6 Å². The van der Waals surface area contributed by atoms with E-state index in [1.165, 1.54) is 29.1 Å². The van der Waals surface area contributed by atoms with E-state index >= 15 is 0 Å². The molecule has 2 rings (SSSR count). The molecule has 0 spiro atoms. The molecule has 0 unspecified atom stereocenters. The van der Waals surface area contributed by atoms with Gasteiger partial charge in [-0.3, -0.25) is 4.79 Å². The molecule has 1 aromatic rings. The number of thiophene rings is 1. The third kappa shape index (κ3) is 3.42. The third-order valence-electron chi connectivity index (χ3n) is 3.22. The Morgan fingerprint density at radius 1 is 1.26 bits per heavy atom. The predicted octanol–water partition coefficient (Wildman–Crippen LogP) is 4.02. The van der Waals surface area contributed by atoms with Gasteiger partial charge in [-0.15, -0.1) is 11.3 Å². The minimum absolute atomic E-state index is 0.478. The van der Waals surface area contributed by atoms with Crippen molar-refractivity contribution in [3.05, 3.63) is 16.0 Å². The van der Waals surface area contributed by atoms with Gasteiger partial charge in [-0.25, -0.2) is 0 Å². The summed E-state index contributed by atoms with van der Waals surface area (Å²) in [6, 6.07) is 2.21. The number of nitrogens with one attached hydrogen (secondary N) is 1. The molecule has 0 bridgehead atoms. The number of anilines is 1. The molecular weight excluding hydrogens is 303 g/mol. The highest BCUT2D eigenvalue weighted by atomic mass is 35.5. The van der Waals surface area contributed by atoms with Crippen LogP contribution in [0.2, 0.25) is 0 Å². The Balaban J connectivity index is 2.31. The summed E-state index contributed by atoms with van der Waals surface area (Å²) in [4.78, 5) is 11.7. The van der Waals surface area contributed by atoms with Gasteiger partial charge < -0.3 is 5.32 Å². The lowest BCUT2D eigenvalue weighted by Crippen LogP contribution is -2.18. The SMILES string of the molecule is N#Cc1c(NC(=O)C(Cl)Cl)sc2c1CCCCCC2. The van der Waals surface area contributed by atoms with Gasteiger partial charge in [0.05, 0.1) is 5.56 Å². The van der Waals surface area contributed by atoms with Gasteiger partial charge >= 0.3 is 0 Å². The molecule has 1 aliphatic rings. The van der Waals surface area contributed by atoms with E-state index in [9.17, 15) is 10.1 Å². The van der Waals surface area contributed by atoms with Crippen LogP contribution in [-0.4, -0.2) is 10.7 Å². The van der Waals surface area contributed by atoms with Crippen LogP contribution in [0.4, 0.5) is 5.00 Å². The molecule has 0 fully saturated rings. The number of alkyl halides is 2. The van der Waals surface area contributed by atoms with Crippen molar-refractivity contribution in [3.63, 3.8) is 0 Å². The highest BCUT2D eigenvalue weighted by molar-refractivity contribution is 7.16. The lowest BCUT2D eigenvalue weighted by atomic mass is 9.97. The average molecular weight is 317 g/mol. The summed E-state index contributed by atoms with van der Waals surface area (Å²) in [6.45, 7) is 0. The molecule has 0 radical (unpaired) electrons. The molecule has 1 aromatic heterocycles. The zero-order valence-electron chi connectivity index (χ0n) is 10.3. The van der Waals surface area contributed by atoms with Crippen molar-refractivity contribution >= 4 is 45.4 Å². The van der Waals surface area contributed by atoms with Crippen molar-refractivity contribution in [2.24, 2.45) is 0 Å². The van der Waals surface area contributed by atoms with Crippen molar-refractivity contribution in [1.29, 1.82) is 5.26 Å². The van der Waals surface area contributed by atoms with Crippen LogP contribution < -0.4 is 5.32 Å². The lowest BCUT2D eigenvalue weighted by molar-refractivity contribution is -0.114. The van der Waals surface area contributed by atoms with Gasteiger partial charge in [0.25, 0.3) is 5.91 Å². The van der Waals surface area contributed by atoms with E-state index in [0.717, 1.165) is 31.2 Å². The Morgan fingerprint density at radius 2 is 1.95 bits per heavy atom. The maximum absolute atomic E-state index is 11.6. The van der Waals surface area contributed by atoms with Crippen molar-refractivity contribution in [2.45, 2.75) is 43.4 Å². The molecule has 1 amide bonds. The lowest BCUT2D eigenvalue weighted by Gasteiger charge is -2.08. The fourth-order valence-corrected chi connectivity index (χ4v) is 3.64. The minimum Gasteiger partial charge on any atom is -0.314 e. The maximum atomic E-state index is 11.6. The van der Waals surface area contributed by atoms with Crippen LogP contribution in [0.5, 0.6) is 0 Å². The van der Waals surface area contributed by atoms with Gasteiger partial charge in [0.1, 0.15) is 11.1 Å². The number of nitriles is 1. The molecule has 3 nitrogen and oxygen atoms in total. The van der Waals surface area contributed by atoms with Crippen molar-refractivity contribution in [2.75, 3.05) is 5.32 Å². The van der Waals surface area contributed by atoms with E-state index in [2.05, 4.69) is 11.4 Å². The minimum atomic E-state index is -1.11. The summed E-state index contributed by atoms with van der Waals surface area (Å²) in [5.74, 6) is -0.478. The summed E-state index contributed by atoms with van der Waals surface area (Å²) in [5.41, 5.74) is 1.69. The number of rotatable bonds is 2. The van der Waals surface area contributed by atoms with Gasteiger partial charge in [0.15, 0.2) is 4.84 Å². The van der Waals surface area contributed by atoms with Gasteiger partial charge in [-0.2, -0.15) is 5.26 Å². The highest BCUT2D eigenvalue weighted by Crippen LogP contribution is 2.36. The quantitative estimate of drug-likeness (QED) is 0.838. The number of hydrogen-bond acceptors (Lipinski definition) is 3. The van der Waals surface area contributed by atoms with E-state index in [1.54, 1.807) is 0 Å². The first-order valence-electron chi connectivity index (χ1n) is 6.27. The summed E-state index contributed by atoms with van der Waals surface area (Å²) in [5, 5.41) is 12.6. The number of aryl methyl sites for hydroxylation is 1. The number of carbonyl (C=O) groups is 1. The third-order valence-corrected chi connectivity index (χ3v) is 4.82. The number of halogens is 2. The molecule has 0 aliphatic heterocycles. The molecule has 0 atom stereocenters. The average Bonchev–Trinajstić information content (AvgIpc) is 2.65. The Bertz CT molecular complexity index is 519. The number of nitrogens with zero attached hydrogens (tertiary/aromatic N) is 1. The Kier molecular flexibility index (Phi) is 5.09. The van der Waals surface area contributed by atoms with E-state index in [1.807, 2.05) is 0 Å². The molecule has 1 heterocycles. The van der Waals surface area contributed by atoms with E-state index in [4.69, 9.17) is 23.2 Å². The summed E-state index contributed by atoms with van der Waals surface area (Å²) in [6.07, 6.45) is 6.56. The Labute approximate surface area is 126 Å². The van der Waals surface area contributed by atoms with Crippen LogP contribution in [0, 0.1) is 11.3 Å². The fraction of sp³-hybridized carbons (Fsp3) is 0.538. The van der Waals surface area contributed by atoms with Crippen molar-refractivity contribution < 1.29 is 4.79 Å². The maximum Gasteiger partial charge on any atom is 0.258 e. The second kappa shape index (κ2) is 6.60. The highest BCUT2D eigenvalue weighted by Gasteiger charge is 2.21. The van der Waals surface area contributed by atoms with Gasteiger partial charge in [-0.1, -0.05) is 36.0 Å². The first kappa shape index (κ1) is 14.6. The molecule has 0 aromatic carbocycles. The molecule has 1 N–H and O–H groups in total. The normalized spacial score (nSPS) is 15.3. The Hall–Kier alpha value is -0.760. The van der Waals surface area contributed by atoms with Gasteiger partial charge in [-0.05, 0) is 31.2 Å². The van der Waals surface area contributed by atoms with Crippen LogP contribution in [-0.2, 0) is 17.6 Å². The van der Waals surface area contributed by atoms with Gasteiger partial charge in [0, 0.05) is 4.88 Å². The zero-order valence-corrected chi connectivity index (χ0v) is 12.7. The summed E-state index contributed by atoms with van der Waals surface area (Å²) in [7, 11) is 0. The smallest absolute Gasteiger partial charge is 0.258 e. The van der Waals surface area contributed by atoms with Crippen LogP contribution in [0.25, 0.3) is 0 Å². The van der Waals surface area contributed by atoms with Crippen LogP contribution in [0.15, 0.2) is 0 Å². The molecule has 6 heteroatoms. The van der Waals surface area contributed by atoms with E-state index in [-0.39, 0.29) is 0 Å². The van der Waals surface area contributed by atoms with Crippen molar-refractivity contribution in [3.8, 4) is 6.07 Å². The predicted molar refractivity (Wildman–Crippen MR) is 79.0 cm³/mol. The molecule has 1 aliphatic carbocycles. The van der Waals surface area contributed by atoms with Crippen LogP contribution >= 0.6 is 34.5 Å². The number of hydrogen-bond donors (Lipinski definition) is 1. The number of amides is 1. The van der Waals surface area contributed by atoms with E-state index < -0.39 is 10.7 Å².